The van der Waals surface area contributed by atoms with Crippen molar-refractivity contribution in [2.24, 2.45) is 0 Å². The Bertz CT molecular complexity index is 2650. The molecule has 8 rings (SSSR count). The highest BCUT2D eigenvalue weighted by Crippen LogP contribution is 2.39. The van der Waals surface area contributed by atoms with Crippen LogP contribution in [0.2, 0.25) is 0 Å². The normalized spacial score (nSPS) is 17.7. The summed E-state index contributed by atoms with van der Waals surface area (Å²) in [4.78, 5) is 77.1. The van der Waals surface area contributed by atoms with Crippen molar-refractivity contribution < 1.29 is 73.9 Å². The average Bonchev–Trinajstić information content (AvgIpc) is 4.03. The number of likely N-dealkylation sites (tertiary alicyclic amines) is 2. The van der Waals surface area contributed by atoms with E-state index >= 15 is 0 Å². The maximum Gasteiger partial charge on any atom is 0.416 e. The van der Waals surface area contributed by atoms with E-state index in [1.54, 1.807) is 53.0 Å². The van der Waals surface area contributed by atoms with Crippen molar-refractivity contribution in [1.82, 2.24) is 39.7 Å². The summed E-state index contributed by atoms with van der Waals surface area (Å²) in [6.07, 6.45) is -2.71. The lowest BCUT2D eigenvalue weighted by molar-refractivity contribution is -0.0389. The fourth-order valence-electron chi connectivity index (χ4n) is 7.83. The van der Waals surface area contributed by atoms with Crippen molar-refractivity contribution >= 4 is 69.6 Å². The van der Waals surface area contributed by atoms with Crippen LogP contribution in [-0.4, -0.2) is 151 Å². The highest BCUT2D eigenvalue weighted by atomic mass is 35.5. The van der Waals surface area contributed by atoms with Crippen LogP contribution in [0.1, 0.15) is 104 Å². The SMILES string of the molecule is CC(C)(C)OC(=O)N1CC(Oc2cc(N(C(=O)OC(C)(C)C)C3CCC(F)(F)CC3)nc(-c3nc(CF)cs3)n2)C1.COC(=O)Cl.COC(=O)N1CC(Oc2cc(NC3CCC(F)(F)CC3)nc(-c3nc(CF)cs3)n2)C1. The molecule has 3 amide bonds. The number of carbonyl (C=O) groups excluding carboxylic acids is 4. The van der Waals surface area contributed by atoms with Gasteiger partial charge >= 0.3 is 23.7 Å². The molecule has 0 spiro atoms. The van der Waals surface area contributed by atoms with Crippen LogP contribution in [0.15, 0.2) is 22.9 Å². The Morgan fingerprint density at radius 1 is 0.675 bits per heavy atom. The van der Waals surface area contributed by atoms with E-state index in [2.05, 4.69) is 56.3 Å². The molecule has 2 saturated heterocycles. The fourth-order valence-corrected chi connectivity index (χ4v) is 9.29. The molecule has 2 saturated carbocycles. The first-order valence-electron chi connectivity index (χ1n) is 24.4. The van der Waals surface area contributed by atoms with Gasteiger partial charge in [-0.05, 0) is 67.2 Å². The van der Waals surface area contributed by atoms with Crippen LogP contribution in [0.3, 0.4) is 0 Å². The summed E-state index contributed by atoms with van der Waals surface area (Å²) in [5, 5.41) is 7.04. The summed E-state index contributed by atoms with van der Waals surface area (Å²) >= 11 is 6.93. The third-order valence-corrected chi connectivity index (χ3v) is 13.6. The summed E-state index contributed by atoms with van der Waals surface area (Å²) in [7, 11) is 2.53. The van der Waals surface area contributed by atoms with Gasteiger partial charge in [0.25, 0.3) is 0 Å². The van der Waals surface area contributed by atoms with Gasteiger partial charge < -0.3 is 43.5 Å². The summed E-state index contributed by atoms with van der Waals surface area (Å²) in [5.74, 6) is -4.22. The second kappa shape index (κ2) is 25.6. The van der Waals surface area contributed by atoms with E-state index in [0.717, 1.165) is 11.3 Å². The largest absolute Gasteiger partial charge is 0.470 e. The Hall–Kier alpha value is -6.03. The summed E-state index contributed by atoms with van der Waals surface area (Å²) in [6.45, 7) is 10.2. The molecular formula is C48H61ClF6N10O10S2. The highest BCUT2D eigenvalue weighted by molar-refractivity contribution is 7.13. The standard InChI is InChI=1S/C27H36F3N5O5S.C19H22F3N5O3S.C2H3ClO2/c1-25(2,3)39-23(36)34-13-18(14-34)38-20-11-19(32-21(33-20)22-31-16(12-28)15-41-22)35(24(37)40-26(4,5)6)17-7-9-27(29,30)10-8-17;1-29-18(28)27-8-13(9-27)30-15-6-14(23-11-2-4-19(21,22)5-3-11)25-16(26-15)17-24-12(7-20)10-31-17;1-5-2(3)4/h11,15,17-18H,7-10,12-14H2,1-6H3;6,10-11,13H,2-5,7-9H2,1H3,(H,23,25,26);1H3. The molecule has 2 aliphatic carbocycles. The number of nitrogens with one attached hydrogen (secondary N) is 1. The minimum Gasteiger partial charge on any atom is -0.470 e. The molecule has 77 heavy (non-hydrogen) atoms. The zero-order valence-electron chi connectivity index (χ0n) is 43.6. The van der Waals surface area contributed by atoms with E-state index in [4.69, 9.17) is 18.9 Å². The molecule has 6 heterocycles. The van der Waals surface area contributed by atoms with Crippen LogP contribution in [0.5, 0.6) is 11.8 Å². The molecule has 2 aliphatic heterocycles. The van der Waals surface area contributed by atoms with Gasteiger partial charge in [-0.2, -0.15) is 9.97 Å². The minimum absolute atomic E-state index is 0.0402. The first kappa shape index (κ1) is 60.2. The number of alkyl halides is 6. The van der Waals surface area contributed by atoms with Gasteiger partial charge in [0.2, 0.25) is 23.6 Å². The number of amides is 3. The smallest absolute Gasteiger partial charge is 0.416 e. The molecule has 20 nitrogen and oxygen atoms in total. The number of anilines is 2. The number of nitrogens with zero attached hydrogens (tertiary/aromatic N) is 9. The number of thiazole rings is 2. The van der Waals surface area contributed by atoms with E-state index in [-0.39, 0.29) is 104 Å². The van der Waals surface area contributed by atoms with Crippen LogP contribution in [-0.2, 0) is 32.3 Å². The number of halogens is 7. The van der Waals surface area contributed by atoms with Crippen molar-refractivity contribution in [2.75, 3.05) is 50.6 Å². The van der Waals surface area contributed by atoms with E-state index in [1.165, 1.54) is 51.7 Å². The van der Waals surface area contributed by atoms with Crippen molar-refractivity contribution in [1.29, 1.82) is 0 Å². The highest BCUT2D eigenvalue weighted by Gasteiger charge is 2.42. The van der Waals surface area contributed by atoms with Gasteiger partial charge in [0, 0.05) is 72.3 Å². The van der Waals surface area contributed by atoms with Gasteiger partial charge in [-0.3, -0.25) is 4.90 Å². The molecule has 0 aromatic carbocycles. The lowest BCUT2D eigenvalue weighted by Crippen LogP contribution is -2.57. The molecule has 0 radical (unpaired) electrons. The van der Waals surface area contributed by atoms with Crippen molar-refractivity contribution in [3.8, 4) is 33.4 Å². The van der Waals surface area contributed by atoms with Crippen LogP contribution in [0, 0.1) is 0 Å². The number of rotatable bonds is 12. The fraction of sp³-hybridized carbons (Fsp3) is 0.625. The van der Waals surface area contributed by atoms with E-state index < -0.39 is 72.3 Å². The monoisotopic (exact) mass is 1150 g/mol. The second-order valence-electron chi connectivity index (χ2n) is 20.3. The summed E-state index contributed by atoms with van der Waals surface area (Å²) in [6, 6.07) is 2.29. The Morgan fingerprint density at radius 3 is 1.57 bits per heavy atom. The molecule has 4 aromatic heterocycles. The zero-order chi connectivity index (χ0) is 56.5. The predicted octanol–water partition coefficient (Wildman–Crippen LogP) is 11.3. The average molecular weight is 1150 g/mol. The number of carbonyl (C=O) groups is 4. The third kappa shape index (κ3) is 18.0. The van der Waals surface area contributed by atoms with Gasteiger partial charge in [-0.15, -0.1) is 22.7 Å². The van der Waals surface area contributed by atoms with Gasteiger partial charge in [0.05, 0.1) is 51.8 Å². The lowest BCUT2D eigenvalue weighted by atomic mass is 9.91. The van der Waals surface area contributed by atoms with Gasteiger partial charge in [0.15, 0.2) is 21.7 Å². The number of ether oxygens (including phenoxy) is 6. The lowest BCUT2D eigenvalue weighted by Gasteiger charge is -2.39. The zero-order valence-corrected chi connectivity index (χ0v) is 46.0. The van der Waals surface area contributed by atoms with Crippen molar-refractivity contribution in [2.45, 2.75) is 154 Å². The maximum atomic E-state index is 14.0. The predicted molar refractivity (Wildman–Crippen MR) is 272 cm³/mol. The molecule has 4 aromatic rings. The van der Waals surface area contributed by atoms with Crippen molar-refractivity contribution in [3.63, 3.8) is 0 Å². The third-order valence-electron chi connectivity index (χ3n) is 11.6. The Balaban J connectivity index is 0.000000236. The van der Waals surface area contributed by atoms with Gasteiger partial charge in [0.1, 0.15) is 48.4 Å². The summed E-state index contributed by atoms with van der Waals surface area (Å²) < 4.78 is 113. The van der Waals surface area contributed by atoms with Gasteiger partial charge in [-0.1, -0.05) is 0 Å². The van der Waals surface area contributed by atoms with Crippen LogP contribution in [0.25, 0.3) is 21.7 Å². The van der Waals surface area contributed by atoms with E-state index in [0.29, 0.717) is 41.8 Å². The molecule has 1 N–H and O–H groups in total. The molecule has 4 fully saturated rings. The molecule has 4 aliphatic rings. The van der Waals surface area contributed by atoms with Crippen LogP contribution in [0.4, 0.5) is 57.2 Å². The molecule has 29 heteroatoms. The number of aromatic nitrogens is 6. The topological polar surface area (TPSA) is 223 Å². The molecule has 424 valence electrons. The first-order valence-corrected chi connectivity index (χ1v) is 26.5. The molecule has 0 bridgehead atoms. The Labute approximate surface area is 453 Å². The number of hydrogen-bond acceptors (Lipinski definition) is 19. The molecule has 0 atom stereocenters. The van der Waals surface area contributed by atoms with Crippen LogP contribution < -0.4 is 19.7 Å². The first-order chi connectivity index (χ1) is 36.1. The summed E-state index contributed by atoms with van der Waals surface area (Å²) in [5.41, 5.74) is -1.78. The Morgan fingerprint density at radius 2 is 1.13 bits per heavy atom. The quantitative estimate of drug-likeness (QED) is 0.0791. The van der Waals surface area contributed by atoms with Crippen molar-refractivity contribution in [3.05, 3.63) is 34.3 Å². The van der Waals surface area contributed by atoms with Crippen LogP contribution >= 0.6 is 34.3 Å². The van der Waals surface area contributed by atoms with E-state index in [1.807, 2.05) is 0 Å². The molecule has 0 unspecified atom stereocenters. The number of hydrogen-bond donors (Lipinski definition) is 1. The Kier molecular flexibility index (Phi) is 20.0. The maximum absolute atomic E-state index is 14.0. The number of methoxy groups -OCH3 is 2. The van der Waals surface area contributed by atoms with Gasteiger partial charge in [-0.25, -0.2) is 65.5 Å². The second-order valence-corrected chi connectivity index (χ2v) is 22.3. The van der Waals surface area contributed by atoms with E-state index in [9.17, 15) is 45.5 Å². The molecular weight excluding hydrogens is 1090 g/mol. The minimum atomic E-state index is -2.81.